The molecule has 0 aliphatic carbocycles. The predicted octanol–water partition coefficient (Wildman–Crippen LogP) is 3.73. The summed E-state index contributed by atoms with van der Waals surface area (Å²) in [6, 6.07) is 14.6. The van der Waals surface area contributed by atoms with Crippen LogP contribution in [-0.2, 0) is 0 Å². The molecule has 0 radical (unpaired) electrons. The van der Waals surface area contributed by atoms with E-state index in [1.165, 1.54) is 0 Å². The average Bonchev–Trinajstić information content (AvgIpc) is 3.06. The highest BCUT2D eigenvalue weighted by Crippen LogP contribution is 2.30. The monoisotopic (exact) mass is 417 g/mol. The molecule has 31 heavy (non-hydrogen) atoms. The van der Waals surface area contributed by atoms with Crippen LogP contribution in [0.2, 0.25) is 0 Å². The lowest BCUT2D eigenvalue weighted by molar-refractivity contribution is 0.0732. The van der Waals surface area contributed by atoms with E-state index in [0.717, 1.165) is 22.3 Å². The fraction of sp³-hybridized carbons (Fsp3) is 0.217. The summed E-state index contributed by atoms with van der Waals surface area (Å²) >= 11 is 0. The summed E-state index contributed by atoms with van der Waals surface area (Å²) in [5.74, 6) is 1.08. The van der Waals surface area contributed by atoms with Crippen molar-refractivity contribution in [2.24, 2.45) is 0 Å². The van der Waals surface area contributed by atoms with Crippen LogP contribution in [0.3, 0.4) is 0 Å². The lowest BCUT2D eigenvalue weighted by Crippen LogP contribution is -2.13. The highest BCUT2D eigenvalue weighted by Gasteiger charge is 2.19. The summed E-state index contributed by atoms with van der Waals surface area (Å²) in [5.41, 5.74) is 3.34. The first-order valence-corrected chi connectivity index (χ1v) is 9.76. The van der Waals surface area contributed by atoms with Gasteiger partial charge in [-0.2, -0.15) is 10.1 Å². The van der Waals surface area contributed by atoms with Crippen molar-refractivity contribution in [1.82, 2.24) is 19.7 Å². The first-order chi connectivity index (χ1) is 14.9. The summed E-state index contributed by atoms with van der Waals surface area (Å²) in [6.07, 6.45) is 0. The van der Waals surface area contributed by atoms with Crippen molar-refractivity contribution in [3.05, 3.63) is 65.5 Å². The number of fused-ring (bicyclic) bond motifs is 1. The maximum atomic E-state index is 12.5. The number of ether oxygens (including phenoxy) is 2. The third-order valence-corrected chi connectivity index (χ3v) is 4.90. The van der Waals surface area contributed by atoms with Crippen LogP contribution >= 0.6 is 0 Å². The number of rotatable bonds is 5. The second kappa shape index (κ2) is 8.06. The molecule has 2 aromatic carbocycles. The zero-order valence-corrected chi connectivity index (χ0v) is 18.1. The van der Waals surface area contributed by atoms with E-state index in [1.807, 2.05) is 57.1 Å². The Kier molecular flexibility index (Phi) is 5.29. The van der Waals surface area contributed by atoms with E-state index < -0.39 is 5.97 Å². The van der Waals surface area contributed by atoms with E-state index in [0.29, 0.717) is 28.8 Å². The molecule has 2 aromatic heterocycles. The van der Waals surface area contributed by atoms with Gasteiger partial charge in [-0.1, -0.05) is 18.2 Å². The number of carbonyl (C=O) groups excluding carboxylic acids is 1. The number of carbonyl (C=O) groups is 1. The Labute approximate surface area is 180 Å². The minimum atomic E-state index is -0.419. The SMILES string of the molecule is COc1nc(N(C)C)nc2cc(-n3nc(C)c(OC(=O)c4ccccc4)c3C)ccc12. The fourth-order valence-corrected chi connectivity index (χ4v) is 3.32. The summed E-state index contributed by atoms with van der Waals surface area (Å²) in [7, 11) is 5.33. The molecule has 2 heterocycles. The maximum absolute atomic E-state index is 12.5. The summed E-state index contributed by atoms with van der Waals surface area (Å²) < 4.78 is 12.8. The lowest BCUT2D eigenvalue weighted by Gasteiger charge is -2.14. The van der Waals surface area contributed by atoms with Gasteiger partial charge in [-0.3, -0.25) is 0 Å². The third kappa shape index (κ3) is 3.79. The van der Waals surface area contributed by atoms with Crippen LogP contribution in [0, 0.1) is 13.8 Å². The summed E-state index contributed by atoms with van der Waals surface area (Å²) in [4.78, 5) is 23.4. The zero-order valence-electron chi connectivity index (χ0n) is 18.1. The first kappa shape index (κ1) is 20.3. The number of benzene rings is 2. The standard InChI is InChI=1S/C23H23N5O3/c1-14-20(31-22(29)16-9-7-6-8-10-16)15(2)28(26-14)17-11-12-18-19(13-17)24-23(27(3)4)25-21(18)30-5/h6-13H,1-5H3. The lowest BCUT2D eigenvalue weighted by atomic mass is 10.2. The molecule has 0 aliphatic heterocycles. The molecular formula is C23H23N5O3. The highest BCUT2D eigenvalue weighted by atomic mass is 16.5. The van der Waals surface area contributed by atoms with Crippen LogP contribution in [0.15, 0.2) is 48.5 Å². The van der Waals surface area contributed by atoms with E-state index in [9.17, 15) is 4.79 Å². The number of esters is 1. The number of methoxy groups -OCH3 is 1. The number of aromatic nitrogens is 4. The predicted molar refractivity (Wildman–Crippen MR) is 118 cm³/mol. The molecule has 8 nitrogen and oxygen atoms in total. The van der Waals surface area contributed by atoms with Crippen LogP contribution < -0.4 is 14.4 Å². The van der Waals surface area contributed by atoms with Gasteiger partial charge in [0.05, 0.1) is 35.0 Å². The molecule has 0 fully saturated rings. The Morgan fingerprint density at radius 1 is 1.03 bits per heavy atom. The van der Waals surface area contributed by atoms with E-state index in [2.05, 4.69) is 15.1 Å². The van der Waals surface area contributed by atoms with Crippen molar-refractivity contribution < 1.29 is 14.3 Å². The molecule has 0 aliphatic rings. The largest absolute Gasteiger partial charge is 0.480 e. The van der Waals surface area contributed by atoms with Gasteiger partial charge >= 0.3 is 5.97 Å². The van der Waals surface area contributed by atoms with Gasteiger partial charge in [0.25, 0.3) is 0 Å². The van der Waals surface area contributed by atoms with Crippen molar-refractivity contribution in [3.63, 3.8) is 0 Å². The molecule has 4 aromatic rings. The van der Waals surface area contributed by atoms with Crippen molar-refractivity contribution in [3.8, 4) is 17.3 Å². The van der Waals surface area contributed by atoms with Crippen molar-refractivity contribution in [2.75, 3.05) is 26.1 Å². The third-order valence-electron chi connectivity index (χ3n) is 4.90. The molecule has 0 saturated heterocycles. The molecular weight excluding hydrogens is 394 g/mol. The number of anilines is 1. The molecule has 8 heteroatoms. The van der Waals surface area contributed by atoms with Gasteiger partial charge in [-0.05, 0) is 44.2 Å². The van der Waals surface area contributed by atoms with Crippen LogP contribution in [0.25, 0.3) is 16.6 Å². The number of aryl methyl sites for hydroxylation is 1. The molecule has 0 saturated carbocycles. The second-order valence-electron chi connectivity index (χ2n) is 7.30. The number of hydrogen-bond acceptors (Lipinski definition) is 7. The molecule has 0 N–H and O–H groups in total. The Morgan fingerprint density at radius 2 is 1.77 bits per heavy atom. The molecule has 0 atom stereocenters. The van der Waals surface area contributed by atoms with Gasteiger partial charge in [0.2, 0.25) is 11.8 Å². The van der Waals surface area contributed by atoms with Crippen LogP contribution in [0.1, 0.15) is 21.7 Å². The quantitative estimate of drug-likeness (QED) is 0.458. The van der Waals surface area contributed by atoms with E-state index in [4.69, 9.17) is 9.47 Å². The van der Waals surface area contributed by atoms with E-state index >= 15 is 0 Å². The van der Waals surface area contributed by atoms with Crippen LogP contribution in [0.5, 0.6) is 11.6 Å². The number of nitrogens with zero attached hydrogens (tertiary/aromatic N) is 5. The number of hydrogen-bond donors (Lipinski definition) is 0. The molecule has 0 bridgehead atoms. The first-order valence-electron chi connectivity index (χ1n) is 9.76. The summed E-state index contributed by atoms with van der Waals surface area (Å²) in [5, 5.41) is 5.39. The van der Waals surface area contributed by atoms with Crippen LogP contribution in [-0.4, -0.2) is 46.9 Å². The normalized spacial score (nSPS) is 10.9. The Morgan fingerprint density at radius 3 is 2.45 bits per heavy atom. The smallest absolute Gasteiger partial charge is 0.343 e. The fourth-order valence-electron chi connectivity index (χ4n) is 3.32. The molecule has 4 rings (SSSR count). The average molecular weight is 417 g/mol. The Balaban J connectivity index is 1.74. The highest BCUT2D eigenvalue weighted by molar-refractivity contribution is 5.91. The minimum absolute atomic E-state index is 0.419. The minimum Gasteiger partial charge on any atom is -0.480 e. The molecule has 0 spiro atoms. The molecule has 158 valence electrons. The van der Waals surface area contributed by atoms with E-state index in [-0.39, 0.29) is 0 Å². The Hall–Kier alpha value is -3.94. The molecule has 0 amide bonds. The maximum Gasteiger partial charge on any atom is 0.343 e. The second-order valence-corrected chi connectivity index (χ2v) is 7.30. The summed E-state index contributed by atoms with van der Waals surface area (Å²) in [6.45, 7) is 3.68. The van der Waals surface area contributed by atoms with Crippen molar-refractivity contribution >= 4 is 22.8 Å². The Bertz CT molecular complexity index is 1270. The van der Waals surface area contributed by atoms with Gasteiger partial charge in [0.1, 0.15) is 5.69 Å². The van der Waals surface area contributed by atoms with Gasteiger partial charge in [0.15, 0.2) is 5.75 Å². The van der Waals surface area contributed by atoms with Crippen LogP contribution in [0.4, 0.5) is 5.95 Å². The van der Waals surface area contributed by atoms with Crippen molar-refractivity contribution in [1.29, 1.82) is 0 Å². The van der Waals surface area contributed by atoms with Gasteiger partial charge in [-0.15, -0.1) is 0 Å². The van der Waals surface area contributed by atoms with Gasteiger partial charge in [-0.25, -0.2) is 14.5 Å². The molecule has 0 unspecified atom stereocenters. The van der Waals surface area contributed by atoms with Gasteiger partial charge < -0.3 is 14.4 Å². The zero-order chi connectivity index (χ0) is 22.1. The van der Waals surface area contributed by atoms with Gasteiger partial charge in [0, 0.05) is 14.1 Å². The topological polar surface area (TPSA) is 82.4 Å². The van der Waals surface area contributed by atoms with Crippen molar-refractivity contribution in [2.45, 2.75) is 13.8 Å². The van der Waals surface area contributed by atoms with E-state index in [1.54, 1.807) is 36.1 Å².